The second-order valence-corrected chi connectivity index (χ2v) is 7.23. The number of carbonyl (C=O) groups is 1. The molecule has 1 amide bonds. The average molecular weight is 284 g/mol. The summed E-state index contributed by atoms with van der Waals surface area (Å²) in [6, 6.07) is 8.26. The number of hydrogen-bond donors (Lipinski definition) is 1. The van der Waals surface area contributed by atoms with Crippen molar-refractivity contribution >= 4 is 5.91 Å². The molecule has 0 aromatic heterocycles. The Bertz CT molecular complexity index is 554. The summed E-state index contributed by atoms with van der Waals surface area (Å²) in [5.41, 5.74) is 8.00. The summed E-state index contributed by atoms with van der Waals surface area (Å²) in [5, 5.41) is 0. The first kappa shape index (κ1) is 13.3. The van der Waals surface area contributed by atoms with E-state index in [-0.39, 0.29) is 0 Å². The quantitative estimate of drug-likeness (QED) is 0.923. The lowest BCUT2D eigenvalue weighted by molar-refractivity contribution is -0.132. The predicted molar refractivity (Wildman–Crippen MR) is 82.1 cm³/mol. The Morgan fingerprint density at radius 1 is 1.24 bits per heavy atom. The monoisotopic (exact) mass is 284 g/mol. The van der Waals surface area contributed by atoms with Gasteiger partial charge in [0.15, 0.2) is 0 Å². The Balaban J connectivity index is 1.41. The van der Waals surface area contributed by atoms with Crippen LogP contribution in [0.15, 0.2) is 24.3 Å². The predicted octanol–water partition coefficient (Wildman–Crippen LogP) is 2.40. The molecule has 21 heavy (non-hydrogen) atoms. The molecule has 2 N–H and O–H groups in total. The third kappa shape index (κ3) is 2.10. The number of benzene rings is 1. The Hall–Kier alpha value is -1.35. The highest BCUT2D eigenvalue weighted by atomic mass is 16.2. The van der Waals surface area contributed by atoms with Crippen LogP contribution < -0.4 is 5.73 Å². The van der Waals surface area contributed by atoms with Crippen molar-refractivity contribution in [3.05, 3.63) is 35.4 Å². The van der Waals surface area contributed by atoms with Gasteiger partial charge in [0.25, 0.3) is 0 Å². The van der Waals surface area contributed by atoms with Gasteiger partial charge in [-0.1, -0.05) is 24.3 Å². The van der Waals surface area contributed by atoms with Crippen LogP contribution in [0.2, 0.25) is 0 Å². The van der Waals surface area contributed by atoms with Gasteiger partial charge in [0, 0.05) is 26.1 Å². The smallest absolute Gasteiger partial charge is 0.226 e. The summed E-state index contributed by atoms with van der Waals surface area (Å²) in [6.07, 6.45) is 4.15. The van der Waals surface area contributed by atoms with Crippen LogP contribution in [-0.4, -0.2) is 17.9 Å². The van der Waals surface area contributed by atoms with E-state index in [1.165, 1.54) is 24.8 Å². The van der Waals surface area contributed by atoms with Crippen molar-refractivity contribution in [2.45, 2.75) is 32.4 Å². The van der Waals surface area contributed by atoms with Gasteiger partial charge in [-0.15, -0.1) is 0 Å². The third-order valence-corrected chi connectivity index (χ3v) is 6.04. The van der Waals surface area contributed by atoms with Crippen molar-refractivity contribution < 1.29 is 4.79 Å². The normalized spacial score (nSPS) is 35.6. The fraction of sp³-hybridized carbons (Fsp3) is 0.611. The number of fused-ring (bicyclic) bond motifs is 5. The maximum atomic E-state index is 12.7. The second kappa shape index (κ2) is 4.84. The maximum Gasteiger partial charge on any atom is 0.226 e. The number of nitrogens with zero attached hydrogens (tertiary/aromatic N) is 1. The van der Waals surface area contributed by atoms with Crippen molar-refractivity contribution in [1.29, 1.82) is 0 Å². The lowest BCUT2D eigenvalue weighted by Crippen LogP contribution is -2.29. The zero-order chi connectivity index (χ0) is 14.6. The van der Waals surface area contributed by atoms with Crippen LogP contribution in [0.1, 0.15) is 30.4 Å². The van der Waals surface area contributed by atoms with Gasteiger partial charge < -0.3 is 10.6 Å². The highest BCUT2D eigenvalue weighted by molar-refractivity contribution is 5.82. The lowest BCUT2D eigenvalue weighted by Gasteiger charge is -2.19. The van der Waals surface area contributed by atoms with Gasteiger partial charge >= 0.3 is 0 Å². The van der Waals surface area contributed by atoms with E-state index in [1.807, 2.05) is 24.1 Å². The van der Waals surface area contributed by atoms with Crippen LogP contribution >= 0.6 is 0 Å². The van der Waals surface area contributed by atoms with Crippen LogP contribution in [0.25, 0.3) is 0 Å². The van der Waals surface area contributed by atoms with E-state index in [2.05, 4.69) is 12.1 Å². The number of hydrogen-bond acceptors (Lipinski definition) is 2. The molecule has 3 nitrogen and oxygen atoms in total. The average Bonchev–Trinajstić information content (AvgIpc) is 2.93. The van der Waals surface area contributed by atoms with Crippen molar-refractivity contribution in [2.75, 3.05) is 7.05 Å². The molecular formula is C18H24N2O. The van der Waals surface area contributed by atoms with Gasteiger partial charge in [-0.2, -0.15) is 0 Å². The standard InChI is InChI=1S/C18H24N2O/c1-20(10-12-4-2-3-11(7-12)9-19)18(21)17-15-13-5-6-14(8-13)16(15)17/h2-4,7,13-17H,5-6,8-10,19H2,1H3. The largest absolute Gasteiger partial charge is 0.341 e. The second-order valence-electron chi connectivity index (χ2n) is 7.23. The van der Waals surface area contributed by atoms with Gasteiger partial charge in [0.2, 0.25) is 5.91 Å². The summed E-state index contributed by atoms with van der Waals surface area (Å²) < 4.78 is 0. The molecule has 0 saturated heterocycles. The van der Waals surface area contributed by atoms with Crippen molar-refractivity contribution in [3.63, 3.8) is 0 Å². The van der Waals surface area contributed by atoms with Gasteiger partial charge in [-0.3, -0.25) is 4.79 Å². The molecule has 0 radical (unpaired) electrons. The molecule has 3 aliphatic rings. The summed E-state index contributed by atoms with van der Waals surface area (Å²) >= 11 is 0. The molecule has 1 aromatic carbocycles. The van der Waals surface area contributed by atoms with Crippen molar-refractivity contribution in [2.24, 2.45) is 35.3 Å². The summed E-state index contributed by atoms with van der Waals surface area (Å²) in [7, 11) is 1.95. The summed E-state index contributed by atoms with van der Waals surface area (Å²) in [6.45, 7) is 1.26. The van der Waals surface area contributed by atoms with Gasteiger partial charge in [-0.05, 0) is 54.1 Å². The fourth-order valence-corrected chi connectivity index (χ4v) is 5.12. The van der Waals surface area contributed by atoms with E-state index >= 15 is 0 Å². The molecule has 112 valence electrons. The minimum atomic E-state index is 0.346. The molecule has 2 bridgehead atoms. The number of carbonyl (C=O) groups excluding carboxylic acids is 1. The topological polar surface area (TPSA) is 46.3 Å². The van der Waals surface area contributed by atoms with Crippen LogP contribution in [-0.2, 0) is 17.9 Å². The van der Waals surface area contributed by atoms with E-state index in [0.717, 1.165) is 29.2 Å². The SMILES string of the molecule is CN(Cc1cccc(CN)c1)C(=O)C1C2C3CCC(C3)C12. The summed E-state index contributed by atoms with van der Waals surface area (Å²) in [5.74, 6) is 3.91. The van der Waals surface area contributed by atoms with Crippen LogP contribution in [0.5, 0.6) is 0 Å². The molecule has 3 aliphatic carbocycles. The third-order valence-electron chi connectivity index (χ3n) is 6.04. The van der Waals surface area contributed by atoms with Crippen molar-refractivity contribution in [1.82, 2.24) is 4.90 Å². The number of amides is 1. The van der Waals surface area contributed by atoms with E-state index in [9.17, 15) is 4.79 Å². The Morgan fingerprint density at radius 2 is 1.90 bits per heavy atom. The number of nitrogens with two attached hydrogens (primary N) is 1. The molecule has 3 saturated carbocycles. The Morgan fingerprint density at radius 3 is 2.57 bits per heavy atom. The minimum absolute atomic E-state index is 0.346. The van der Waals surface area contributed by atoms with Crippen LogP contribution in [0.3, 0.4) is 0 Å². The zero-order valence-electron chi connectivity index (χ0n) is 12.7. The van der Waals surface area contributed by atoms with Crippen LogP contribution in [0.4, 0.5) is 0 Å². The molecular weight excluding hydrogens is 260 g/mol. The van der Waals surface area contributed by atoms with E-state index < -0.39 is 0 Å². The highest BCUT2D eigenvalue weighted by Crippen LogP contribution is 2.69. The van der Waals surface area contributed by atoms with Crippen LogP contribution in [0, 0.1) is 29.6 Å². The first-order valence-corrected chi connectivity index (χ1v) is 8.22. The lowest BCUT2D eigenvalue weighted by atomic mass is 10.0. The molecule has 3 heteroatoms. The van der Waals surface area contributed by atoms with E-state index in [4.69, 9.17) is 5.73 Å². The first-order chi connectivity index (χ1) is 10.2. The van der Waals surface area contributed by atoms with Gasteiger partial charge in [-0.25, -0.2) is 0 Å². The molecule has 0 aliphatic heterocycles. The Labute approximate surface area is 126 Å². The van der Waals surface area contributed by atoms with Gasteiger partial charge in [0.05, 0.1) is 0 Å². The van der Waals surface area contributed by atoms with E-state index in [1.54, 1.807) is 0 Å². The molecule has 1 aromatic rings. The molecule has 0 heterocycles. The highest BCUT2D eigenvalue weighted by Gasteiger charge is 2.67. The number of rotatable bonds is 4. The van der Waals surface area contributed by atoms with Crippen molar-refractivity contribution in [3.8, 4) is 0 Å². The van der Waals surface area contributed by atoms with E-state index in [0.29, 0.717) is 24.9 Å². The molecule has 4 atom stereocenters. The molecule has 4 rings (SSSR count). The molecule has 3 fully saturated rings. The zero-order valence-corrected chi connectivity index (χ0v) is 12.7. The first-order valence-electron chi connectivity index (χ1n) is 8.22. The Kier molecular flexibility index (Phi) is 3.07. The molecule has 4 unspecified atom stereocenters. The summed E-state index contributed by atoms with van der Waals surface area (Å²) in [4.78, 5) is 14.6. The molecule has 0 spiro atoms. The minimum Gasteiger partial charge on any atom is -0.341 e. The maximum absolute atomic E-state index is 12.7. The fourth-order valence-electron chi connectivity index (χ4n) is 5.12. The van der Waals surface area contributed by atoms with Gasteiger partial charge in [0.1, 0.15) is 0 Å².